The van der Waals surface area contributed by atoms with Crippen LogP contribution >= 0.6 is 11.8 Å². The lowest BCUT2D eigenvalue weighted by atomic mass is 10.2. The van der Waals surface area contributed by atoms with Gasteiger partial charge >= 0.3 is 5.97 Å². The average molecular weight is 310 g/mol. The van der Waals surface area contributed by atoms with Crippen molar-refractivity contribution in [1.82, 2.24) is 0 Å². The molecule has 0 spiro atoms. The number of rotatable bonds is 5. The summed E-state index contributed by atoms with van der Waals surface area (Å²) in [7, 11) is 0. The summed E-state index contributed by atoms with van der Waals surface area (Å²) < 4.78 is 31.4. The summed E-state index contributed by atoms with van der Waals surface area (Å²) in [6.45, 7) is 1.90. The van der Waals surface area contributed by atoms with Crippen LogP contribution in [0.5, 0.6) is 11.5 Å². The van der Waals surface area contributed by atoms with Crippen LogP contribution in [0, 0.1) is 11.6 Å². The van der Waals surface area contributed by atoms with Crippen LogP contribution in [-0.2, 0) is 0 Å². The highest BCUT2D eigenvalue weighted by atomic mass is 32.2. The zero-order valence-electron chi connectivity index (χ0n) is 11.1. The van der Waals surface area contributed by atoms with Gasteiger partial charge in [0.2, 0.25) is 0 Å². The SMILES string of the molecule is CCSc1cccc(Oc2ccc(F)c(F)c2)c1C(=O)O. The first-order chi connectivity index (χ1) is 10.0. The smallest absolute Gasteiger partial charge is 0.340 e. The Kier molecular flexibility index (Phi) is 4.80. The summed E-state index contributed by atoms with van der Waals surface area (Å²) in [6, 6.07) is 7.85. The Hall–Kier alpha value is -2.08. The molecule has 0 unspecified atom stereocenters. The van der Waals surface area contributed by atoms with E-state index in [0.717, 1.165) is 12.1 Å². The Morgan fingerprint density at radius 1 is 1.24 bits per heavy atom. The first-order valence-corrected chi connectivity index (χ1v) is 7.13. The van der Waals surface area contributed by atoms with Gasteiger partial charge in [0, 0.05) is 11.0 Å². The third-order valence-corrected chi connectivity index (χ3v) is 3.56. The number of hydrogen-bond acceptors (Lipinski definition) is 3. The Bertz CT molecular complexity index is 674. The van der Waals surface area contributed by atoms with Gasteiger partial charge in [0.05, 0.1) is 0 Å². The van der Waals surface area contributed by atoms with E-state index in [1.165, 1.54) is 23.9 Å². The molecule has 0 fully saturated rings. The quantitative estimate of drug-likeness (QED) is 0.822. The Labute approximate surface area is 124 Å². The van der Waals surface area contributed by atoms with Gasteiger partial charge in [-0.1, -0.05) is 13.0 Å². The van der Waals surface area contributed by atoms with Crippen LogP contribution in [0.25, 0.3) is 0 Å². The van der Waals surface area contributed by atoms with Gasteiger partial charge in [0.1, 0.15) is 17.1 Å². The molecule has 0 aromatic heterocycles. The van der Waals surface area contributed by atoms with E-state index in [1.807, 2.05) is 6.92 Å². The molecule has 1 N–H and O–H groups in total. The van der Waals surface area contributed by atoms with Crippen molar-refractivity contribution in [1.29, 1.82) is 0 Å². The molecule has 0 aliphatic heterocycles. The van der Waals surface area contributed by atoms with E-state index in [9.17, 15) is 18.7 Å². The number of carboxylic acid groups (broad SMARTS) is 1. The molecule has 0 bridgehead atoms. The molecule has 0 aliphatic carbocycles. The molecule has 0 aliphatic rings. The number of hydrogen-bond donors (Lipinski definition) is 1. The molecule has 110 valence electrons. The number of ether oxygens (including phenoxy) is 1. The lowest BCUT2D eigenvalue weighted by Crippen LogP contribution is -2.02. The summed E-state index contributed by atoms with van der Waals surface area (Å²) in [4.78, 5) is 12.0. The molecule has 0 radical (unpaired) electrons. The second-order valence-electron chi connectivity index (χ2n) is 4.05. The molecular formula is C15H12F2O3S. The zero-order chi connectivity index (χ0) is 15.4. The molecule has 2 rings (SSSR count). The third kappa shape index (κ3) is 3.52. The molecule has 6 heteroatoms. The Balaban J connectivity index is 2.41. The van der Waals surface area contributed by atoms with Crippen LogP contribution in [0.4, 0.5) is 8.78 Å². The molecule has 0 atom stereocenters. The number of halogens is 2. The van der Waals surface area contributed by atoms with E-state index < -0.39 is 17.6 Å². The summed E-state index contributed by atoms with van der Waals surface area (Å²) in [5.41, 5.74) is 0.00841. The van der Waals surface area contributed by atoms with Crippen LogP contribution in [0.2, 0.25) is 0 Å². The molecular weight excluding hydrogens is 298 g/mol. The van der Waals surface area contributed by atoms with Crippen molar-refractivity contribution >= 4 is 17.7 Å². The lowest BCUT2D eigenvalue weighted by molar-refractivity contribution is 0.0690. The maximum absolute atomic E-state index is 13.2. The molecule has 0 saturated heterocycles. The summed E-state index contributed by atoms with van der Waals surface area (Å²) in [5.74, 6) is -2.35. The van der Waals surface area contributed by atoms with Gasteiger partial charge in [-0.25, -0.2) is 13.6 Å². The predicted octanol–water partition coefficient (Wildman–Crippen LogP) is 4.57. The number of carboxylic acids is 1. The first-order valence-electron chi connectivity index (χ1n) is 6.15. The van der Waals surface area contributed by atoms with Gasteiger partial charge in [-0.2, -0.15) is 0 Å². The number of aromatic carboxylic acids is 1. The summed E-state index contributed by atoms with van der Waals surface area (Å²) in [5, 5.41) is 9.32. The van der Waals surface area contributed by atoms with E-state index in [2.05, 4.69) is 0 Å². The van der Waals surface area contributed by atoms with Gasteiger partial charge < -0.3 is 9.84 Å². The molecule has 0 heterocycles. The largest absolute Gasteiger partial charge is 0.478 e. The highest BCUT2D eigenvalue weighted by Crippen LogP contribution is 2.33. The van der Waals surface area contributed by atoms with Crippen molar-refractivity contribution < 1.29 is 23.4 Å². The number of thioether (sulfide) groups is 1. The minimum Gasteiger partial charge on any atom is -0.478 e. The van der Waals surface area contributed by atoms with Crippen molar-refractivity contribution in [3.63, 3.8) is 0 Å². The molecule has 21 heavy (non-hydrogen) atoms. The fraction of sp³-hybridized carbons (Fsp3) is 0.133. The number of carbonyl (C=O) groups is 1. The van der Waals surface area contributed by atoms with Crippen molar-refractivity contribution in [3.05, 3.63) is 53.6 Å². The Morgan fingerprint density at radius 2 is 2.00 bits per heavy atom. The molecule has 0 amide bonds. The topological polar surface area (TPSA) is 46.5 Å². The minimum atomic E-state index is -1.14. The van der Waals surface area contributed by atoms with Crippen LogP contribution in [-0.4, -0.2) is 16.8 Å². The van der Waals surface area contributed by atoms with Gasteiger partial charge in [-0.15, -0.1) is 11.8 Å². The second kappa shape index (κ2) is 6.58. The van der Waals surface area contributed by atoms with Gasteiger partial charge in [0.25, 0.3) is 0 Å². The van der Waals surface area contributed by atoms with Crippen LogP contribution < -0.4 is 4.74 Å². The number of benzene rings is 2. The first kappa shape index (κ1) is 15.3. The van der Waals surface area contributed by atoms with Crippen molar-refractivity contribution in [2.75, 3.05) is 5.75 Å². The monoisotopic (exact) mass is 310 g/mol. The normalized spacial score (nSPS) is 10.4. The molecule has 2 aromatic rings. The fourth-order valence-corrected chi connectivity index (χ4v) is 2.57. The lowest BCUT2D eigenvalue weighted by Gasteiger charge is -2.12. The molecule has 2 aromatic carbocycles. The third-order valence-electron chi connectivity index (χ3n) is 2.62. The second-order valence-corrected chi connectivity index (χ2v) is 5.35. The average Bonchev–Trinajstić information content (AvgIpc) is 2.43. The van der Waals surface area contributed by atoms with Crippen LogP contribution in [0.1, 0.15) is 17.3 Å². The van der Waals surface area contributed by atoms with Crippen molar-refractivity contribution in [2.45, 2.75) is 11.8 Å². The summed E-state index contributed by atoms with van der Waals surface area (Å²) in [6.07, 6.45) is 0. The molecule has 0 saturated carbocycles. The van der Waals surface area contributed by atoms with E-state index in [4.69, 9.17) is 4.74 Å². The van der Waals surface area contributed by atoms with Gasteiger partial charge in [0.15, 0.2) is 11.6 Å². The van der Waals surface area contributed by atoms with E-state index in [-0.39, 0.29) is 17.1 Å². The van der Waals surface area contributed by atoms with E-state index >= 15 is 0 Å². The van der Waals surface area contributed by atoms with E-state index in [0.29, 0.717) is 10.6 Å². The highest BCUT2D eigenvalue weighted by Gasteiger charge is 2.17. The zero-order valence-corrected chi connectivity index (χ0v) is 11.9. The Morgan fingerprint density at radius 3 is 2.62 bits per heavy atom. The van der Waals surface area contributed by atoms with Crippen LogP contribution in [0.15, 0.2) is 41.3 Å². The van der Waals surface area contributed by atoms with Crippen LogP contribution in [0.3, 0.4) is 0 Å². The maximum atomic E-state index is 13.2. The maximum Gasteiger partial charge on any atom is 0.340 e. The summed E-state index contributed by atoms with van der Waals surface area (Å²) >= 11 is 1.37. The predicted molar refractivity (Wildman–Crippen MR) is 76.2 cm³/mol. The van der Waals surface area contributed by atoms with Crippen molar-refractivity contribution in [2.24, 2.45) is 0 Å². The fourth-order valence-electron chi connectivity index (χ4n) is 1.75. The van der Waals surface area contributed by atoms with Gasteiger partial charge in [-0.3, -0.25) is 0 Å². The van der Waals surface area contributed by atoms with Crippen molar-refractivity contribution in [3.8, 4) is 11.5 Å². The molecule has 3 nitrogen and oxygen atoms in total. The van der Waals surface area contributed by atoms with E-state index in [1.54, 1.807) is 12.1 Å². The minimum absolute atomic E-state index is 0.00841. The standard InChI is InChI=1S/C15H12F2O3S/c1-2-21-13-5-3-4-12(14(13)15(18)19)20-9-6-7-10(16)11(17)8-9/h3-8H,2H2,1H3,(H,18,19). The highest BCUT2D eigenvalue weighted by molar-refractivity contribution is 7.99. The van der Waals surface area contributed by atoms with Gasteiger partial charge in [-0.05, 0) is 30.0 Å².